The Morgan fingerprint density at radius 1 is 1.50 bits per heavy atom. The Kier molecular flexibility index (Phi) is 3.18. The van der Waals surface area contributed by atoms with Crippen molar-refractivity contribution in [1.29, 1.82) is 5.26 Å². The van der Waals surface area contributed by atoms with Crippen molar-refractivity contribution in [3.63, 3.8) is 0 Å². The molecule has 0 bridgehead atoms. The van der Waals surface area contributed by atoms with Crippen molar-refractivity contribution in [1.82, 2.24) is 5.32 Å². The minimum Gasteiger partial charge on any atom is -0.312 e. The summed E-state index contributed by atoms with van der Waals surface area (Å²) in [5.74, 6) is 0. The van der Waals surface area contributed by atoms with E-state index in [0.717, 1.165) is 18.7 Å². The molecule has 2 nitrogen and oxygen atoms in total. The number of nitriles is 1. The summed E-state index contributed by atoms with van der Waals surface area (Å²) in [6.07, 6.45) is 2.64. The van der Waals surface area contributed by atoms with Crippen molar-refractivity contribution >= 4 is 11.6 Å². The molecule has 0 heterocycles. The van der Waals surface area contributed by atoms with Gasteiger partial charge < -0.3 is 5.32 Å². The Labute approximate surface area is 101 Å². The predicted molar refractivity (Wildman–Crippen MR) is 65.2 cm³/mol. The Morgan fingerprint density at radius 2 is 2.25 bits per heavy atom. The molecule has 1 aliphatic rings. The number of rotatable bonds is 4. The van der Waals surface area contributed by atoms with Gasteiger partial charge in [0, 0.05) is 18.1 Å². The van der Waals surface area contributed by atoms with Gasteiger partial charge >= 0.3 is 0 Å². The monoisotopic (exact) mass is 234 g/mol. The first-order chi connectivity index (χ1) is 7.63. The second-order valence-electron chi connectivity index (χ2n) is 4.83. The molecule has 0 aromatic heterocycles. The highest BCUT2D eigenvalue weighted by molar-refractivity contribution is 6.31. The van der Waals surface area contributed by atoms with Gasteiger partial charge in [0.1, 0.15) is 0 Å². The highest BCUT2D eigenvalue weighted by Crippen LogP contribution is 2.44. The molecule has 1 saturated carbocycles. The standard InChI is InChI=1S/C13H15ClN2/c1-13(4-5-13)9-16-8-11-3-2-10(7-15)6-12(11)14/h2-3,6,16H,4-5,8-9H2,1H3. The van der Waals surface area contributed by atoms with E-state index in [4.69, 9.17) is 16.9 Å². The normalized spacial score (nSPS) is 16.8. The van der Waals surface area contributed by atoms with Crippen LogP contribution in [0.4, 0.5) is 0 Å². The predicted octanol–water partition coefficient (Wildman–Crippen LogP) is 3.10. The highest BCUT2D eigenvalue weighted by Gasteiger charge is 2.36. The van der Waals surface area contributed by atoms with Gasteiger partial charge in [-0.25, -0.2) is 0 Å². The fraction of sp³-hybridized carbons (Fsp3) is 0.462. The lowest BCUT2D eigenvalue weighted by Gasteiger charge is -2.10. The van der Waals surface area contributed by atoms with Crippen LogP contribution in [0.25, 0.3) is 0 Å². The second-order valence-corrected chi connectivity index (χ2v) is 5.24. The minimum absolute atomic E-state index is 0.513. The third-order valence-electron chi connectivity index (χ3n) is 3.15. The first kappa shape index (κ1) is 11.4. The number of nitrogens with one attached hydrogen (secondary N) is 1. The molecule has 0 unspecified atom stereocenters. The molecule has 16 heavy (non-hydrogen) atoms. The first-order valence-electron chi connectivity index (χ1n) is 5.52. The third-order valence-corrected chi connectivity index (χ3v) is 3.50. The Hall–Kier alpha value is -1.04. The lowest BCUT2D eigenvalue weighted by molar-refractivity contribution is 0.499. The van der Waals surface area contributed by atoms with Gasteiger partial charge in [0.25, 0.3) is 0 Å². The minimum atomic E-state index is 0.513. The number of halogens is 1. The summed E-state index contributed by atoms with van der Waals surface area (Å²) < 4.78 is 0. The highest BCUT2D eigenvalue weighted by atomic mass is 35.5. The van der Waals surface area contributed by atoms with Gasteiger partial charge in [-0.3, -0.25) is 0 Å². The number of hydrogen-bond donors (Lipinski definition) is 1. The van der Waals surface area contributed by atoms with E-state index < -0.39 is 0 Å². The van der Waals surface area contributed by atoms with Gasteiger partial charge in [0.2, 0.25) is 0 Å². The van der Waals surface area contributed by atoms with Gasteiger partial charge in [-0.2, -0.15) is 5.26 Å². The van der Waals surface area contributed by atoms with E-state index in [-0.39, 0.29) is 0 Å². The van der Waals surface area contributed by atoms with E-state index >= 15 is 0 Å². The van der Waals surface area contributed by atoms with Crippen LogP contribution in [0.3, 0.4) is 0 Å². The van der Waals surface area contributed by atoms with Crippen molar-refractivity contribution < 1.29 is 0 Å². The van der Waals surface area contributed by atoms with Crippen LogP contribution in [0, 0.1) is 16.7 Å². The van der Waals surface area contributed by atoms with Gasteiger partial charge in [-0.1, -0.05) is 24.6 Å². The Morgan fingerprint density at radius 3 is 2.81 bits per heavy atom. The van der Waals surface area contributed by atoms with Gasteiger partial charge in [-0.15, -0.1) is 0 Å². The van der Waals surface area contributed by atoms with E-state index in [0.29, 0.717) is 16.0 Å². The molecule has 2 rings (SSSR count). The van der Waals surface area contributed by atoms with Crippen molar-refractivity contribution in [2.24, 2.45) is 5.41 Å². The third kappa shape index (κ3) is 2.75. The van der Waals surface area contributed by atoms with Crippen LogP contribution in [0.5, 0.6) is 0 Å². The molecule has 3 heteroatoms. The van der Waals surface area contributed by atoms with Gasteiger partial charge in [0.15, 0.2) is 0 Å². The summed E-state index contributed by atoms with van der Waals surface area (Å²) in [5, 5.41) is 12.8. The number of nitrogens with zero attached hydrogens (tertiary/aromatic N) is 1. The first-order valence-corrected chi connectivity index (χ1v) is 5.90. The summed E-state index contributed by atoms with van der Waals surface area (Å²) in [6, 6.07) is 7.53. The van der Waals surface area contributed by atoms with Crippen LogP contribution >= 0.6 is 11.6 Å². The average molecular weight is 235 g/mol. The van der Waals surface area contributed by atoms with Crippen LogP contribution in [0.1, 0.15) is 30.9 Å². The molecule has 1 aliphatic carbocycles. The Bertz CT molecular complexity index is 430. The van der Waals surface area contributed by atoms with E-state index in [1.807, 2.05) is 12.1 Å². The molecule has 1 N–H and O–H groups in total. The van der Waals surface area contributed by atoms with E-state index in [2.05, 4.69) is 18.3 Å². The molecule has 0 aliphatic heterocycles. The smallest absolute Gasteiger partial charge is 0.0992 e. The van der Waals surface area contributed by atoms with Crippen LogP contribution in [0.15, 0.2) is 18.2 Å². The van der Waals surface area contributed by atoms with Gasteiger partial charge in [-0.05, 0) is 36.0 Å². The van der Waals surface area contributed by atoms with Crippen molar-refractivity contribution in [2.45, 2.75) is 26.3 Å². The molecule has 0 amide bonds. The van der Waals surface area contributed by atoms with Crippen molar-refractivity contribution in [3.8, 4) is 6.07 Å². The summed E-state index contributed by atoms with van der Waals surface area (Å²) in [6.45, 7) is 4.11. The maximum atomic E-state index is 8.72. The SMILES string of the molecule is CC1(CNCc2ccc(C#N)cc2Cl)CC1. The van der Waals surface area contributed by atoms with Crippen LogP contribution in [-0.2, 0) is 6.54 Å². The maximum absolute atomic E-state index is 8.72. The van der Waals surface area contributed by atoms with Gasteiger partial charge in [0.05, 0.1) is 11.6 Å². The molecule has 0 saturated heterocycles. The van der Waals surface area contributed by atoms with Crippen LogP contribution < -0.4 is 5.32 Å². The topological polar surface area (TPSA) is 35.8 Å². The molecule has 1 aromatic rings. The molecule has 0 radical (unpaired) electrons. The quantitative estimate of drug-likeness (QED) is 0.869. The second kappa shape index (κ2) is 4.45. The van der Waals surface area contributed by atoms with E-state index in [1.54, 1.807) is 6.07 Å². The molecule has 0 atom stereocenters. The zero-order valence-corrected chi connectivity index (χ0v) is 10.1. The molecular weight excluding hydrogens is 220 g/mol. The fourth-order valence-corrected chi connectivity index (χ4v) is 1.90. The van der Waals surface area contributed by atoms with Crippen molar-refractivity contribution in [2.75, 3.05) is 6.54 Å². The summed E-state index contributed by atoms with van der Waals surface area (Å²) in [5.41, 5.74) is 2.19. The average Bonchev–Trinajstić information content (AvgIpc) is 2.99. The van der Waals surface area contributed by atoms with Crippen LogP contribution in [-0.4, -0.2) is 6.54 Å². The molecular formula is C13H15ClN2. The Balaban J connectivity index is 1.91. The lowest BCUT2D eigenvalue weighted by atomic mass is 10.1. The molecule has 1 fully saturated rings. The zero-order chi connectivity index (χ0) is 11.6. The molecule has 1 aromatic carbocycles. The van der Waals surface area contributed by atoms with Crippen molar-refractivity contribution in [3.05, 3.63) is 34.3 Å². The fourth-order valence-electron chi connectivity index (χ4n) is 1.65. The van der Waals surface area contributed by atoms with E-state index in [9.17, 15) is 0 Å². The summed E-state index contributed by atoms with van der Waals surface area (Å²) in [4.78, 5) is 0. The lowest BCUT2D eigenvalue weighted by Crippen LogP contribution is -2.21. The zero-order valence-electron chi connectivity index (χ0n) is 9.39. The number of benzene rings is 1. The largest absolute Gasteiger partial charge is 0.312 e. The number of hydrogen-bond acceptors (Lipinski definition) is 2. The molecule has 84 valence electrons. The summed E-state index contributed by atoms with van der Waals surface area (Å²) >= 11 is 6.08. The van der Waals surface area contributed by atoms with Crippen LogP contribution in [0.2, 0.25) is 5.02 Å². The maximum Gasteiger partial charge on any atom is 0.0992 e. The van der Waals surface area contributed by atoms with E-state index in [1.165, 1.54) is 12.8 Å². The summed E-state index contributed by atoms with van der Waals surface area (Å²) in [7, 11) is 0. The molecule has 0 spiro atoms.